The number of carbonyl (C=O) groups excluding carboxylic acids is 1. The van der Waals surface area contributed by atoms with Crippen LogP contribution in [0.2, 0.25) is 0 Å². The number of methoxy groups -OCH3 is 1. The van der Waals surface area contributed by atoms with Crippen molar-refractivity contribution in [1.29, 1.82) is 0 Å². The van der Waals surface area contributed by atoms with E-state index in [1.807, 2.05) is 0 Å². The lowest BCUT2D eigenvalue weighted by Crippen LogP contribution is -2.04. The van der Waals surface area contributed by atoms with Crippen LogP contribution >= 0.6 is 0 Å². The first-order valence-corrected chi connectivity index (χ1v) is 5.07. The van der Waals surface area contributed by atoms with Gasteiger partial charge in [0.05, 0.1) is 12.7 Å². The van der Waals surface area contributed by atoms with Crippen molar-refractivity contribution >= 4 is 11.5 Å². The summed E-state index contributed by atoms with van der Waals surface area (Å²) in [4.78, 5) is 12.1. The molecule has 1 aromatic rings. The molecular formula is C14H15NO2. The third-order valence-electron chi connectivity index (χ3n) is 2.25. The molecule has 1 aromatic carbocycles. The number of Topliss-reactive ketones (excluding diaryl/α,β-unsaturated/α-hetero) is 1. The molecule has 0 aliphatic rings. The summed E-state index contributed by atoms with van der Waals surface area (Å²) < 4.78 is 5.13. The largest absolute Gasteiger partial charge is 0.496 e. The van der Waals surface area contributed by atoms with Crippen LogP contribution in [0.4, 0.5) is 5.69 Å². The molecule has 0 atom stereocenters. The standard InChI is InChI=1S/C14H15NO2/c1-4-6-10(5-2)14(16)12-8-7-11(15)9-13(12)17-3/h4-9H,1-2,15H2,3H3/b10-6+. The fourth-order valence-electron chi connectivity index (χ4n) is 1.41. The van der Waals surface area contributed by atoms with E-state index in [-0.39, 0.29) is 5.78 Å². The maximum absolute atomic E-state index is 12.1. The summed E-state index contributed by atoms with van der Waals surface area (Å²) in [6, 6.07) is 4.91. The molecular weight excluding hydrogens is 214 g/mol. The van der Waals surface area contributed by atoms with E-state index >= 15 is 0 Å². The zero-order chi connectivity index (χ0) is 12.8. The molecule has 17 heavy (non-hydrogen) atoms. The SMILES string of the molecule is C=C/C=C(\C=C)C(=O)c1ccc(N)cc1OC. The molecule has 0 bridgehead atoms. The molecule has 0 aliphatic carbocycles. The van der Waals surface area contributed by atoms with Gasteiger partial charge < -0.3 is 10.5 Å². The average Bonchev–Trinajstić information content (AvgIpc) is 2.34. The number of allylic oxidation sites excluding steroid dienone is 4. The van der Waals surface area contributed by atoms with Crippen LogP contribution in [0.25, 0.3) is 0 Å². The normalized spacial score (nSPS) is 10.8. The molecule has 0 aromatic heterocycles. The van der Waals surface area contributed by atoms with Crippen molar-refractivity contribution in [3.8, 4) is 5.75 Å². The van der Waals surface area contributed by atoms with Crippen LogP contribution < -0.4 is 10.5 Å². The Morgan fingerprint density at radius 2 is 2.12 bits per heavy atom. The average molecular weight is 229 g/mol. The zero-order valence-corrected chi connectivity index (χ0v) is 9.77. The van der Waals surface area contributed by atoms with Gasteiger partial charge in [-0.05, 0) is 12.1 Å². The fraction of sp³-hybridized carbons (Fsp3) is 0.0714. The highest BCUT2D eigenvalue weighted by molar-refractivity contribution is 6.12. The number of hydrogen-bond donors (Lipinski definition) is 1. The van der Waals surface area contributed by atoms with Gasteiger partial charge in [0, 0.05) is 17.3 Å². The van der Waals surface area contributed by atoms with Crippen LogP contribution in [0.15, 0.2) is 55.2 Å². The number of ether oxygens (including phenoxy) is 1. The van der Waals surface area contributed by atoms with E-state index in [0.717, 1.165) is 0 Å². The molecule has 0 radical (unpaired) electrons. The molecule has 0 unspecified atom stereocenters. The van der Waals surface area contributed by atoms with Crippen LogP contribution in [-0.4, -0.2) is 12.9 Å². The Morgan fingerprint density at radius 1 is 1.41 bits per heavy atom. The van der Waals surface area contributed by atoms with E-state index in [2.05, 4.69) is 13.2 Å². The molecule has 3 nitrogen and oxygen atoms in total. The van der Waals surface area contributed by atoms with Gasteiger partial charge in [0.2, 0.25) is 0 Å². The third-order valence-corrected chi connectivity index (χ3v) is 2.25. The summed E-state index contributed by atoms with van der Waals surface area (Å²) in [7, 11) is 1.50. The van der Waals surface area contributed by atoms with Crippen molar-refractivity contribution in [3.05, 3.63) is 60.7 Å². The van der Waals surface area contributed by atoms with Crippen LogP contribution in [-0.2, 0) is 0 Å². The highest BCUT2D eigenvalue weighted by atomic mass is 16.5. The van der Waals surface area contributed by atoms with E-state index in [1.54, 1.807) is 30.4 Å². The number of nitrogens with two attached hydrogens (primary N) is 1. The first-order chi connectivity index (χ1) is 8.13. The Hall–Kier alpha value is -2.29. The van der Waals surface area contributed by atoms with Gasteiger partial charge in [0.25, 0.3) is 0 Å². The highest BCUT2D eigenvalue weighted by Gasteiger charge is 2.14. The van der Waals surface area contributed by atoms with Crippen molar-refractivity contribution in [2.75, 3.05) is 12.8 Å². The van der Waals surface area contributed by atoms with Crippen molar-refractivity contribution in [3.63, 3.8) is 0 Å². The van der Waals surface area contributed by atoms with E-state index in [1.165, 1.54) is 13.2 Å². The maximum Gasteiger partial charge on any atom is 0.196 e. The number of benzene rings is 1. The van der Waals surface area contributed by atoms with Gasteiger partial charge in [-0.25, -0.2) is 0 Å². The predicted molar refractivity (Wildman–Crippen MR) is 70.2 cm³/mol. The number of rotatable bonds is 5. The maximum atomic E-state index is 12.1. The van der Waals surface area contributed by atoms with Crippen molar-refractivity contribution in [1.82, 2.24) is 0 Å². The number of hydrogen-bond acceptors (Lipinski definition) is 3. The molecule has 2 N–H and O–H groups in total. The first-order valence-electron chi connectivity index (χ1n) is 5.07. The Bertz CT molecular complexity index is 487. The Morgan fingerprint density at radius 3 is 2.65 bits per heavy atom. The fourth-order valence-corrected chi connectivity index (χ4v) is 1.41. The lowest BCUT2D eigenvalue weighted by atomic mass is 10.0. The minimum Gasteiger partial charge on any atom is -0.496 e. The lowest BCUT2D eigenvalue weighted by Gasteiger charge is -2.08. The highest BCUT2D eigenvalue weighted by Crippen LogP contribution is 2.24. The second-order valence-electron chi connectivity index (χ2n) is 3.35. The summed E-state index contributed by atoms with van der Waals surface area (Å²) in [5, 5.41) is 0. The summed E-state index contributed by atoms with van der Waals surface area (Å²) >= 11 is 0. The minimum absolute atomic E-state index is 0.170. The molecule has 0 fully saturated rings. The van der Waals surface area contributed by atoms with E-state index in [4.69, 9.17) is 10.5 Å². The number of nitrogen functional groups attached to an aromatic ring is 1. The van der Waals surface area contributed by atoms with Gasteiger partial charge in [0.1, 0.15) is 5.75 Å². The molecule has 0 spiro atoms. The second kappa shape index (κ2) is 5.70. The molecule has 88 valence electrons. The number of ketones is 1. The van der Waals surface area contributed by atoms with E-state index in [9.17, 15) is 4.79 Å². The van der Waals surface area contributed by atoms with Crippen molar-refractivity contribution < 1.29 is 9.53 Å². The Kier molecular flexibility index (Phi) is 4.29. The Balaban J connectivity index is 3.24. The summed E-state index contributed by atoms with van der Waals surface area (Å²) in [6.45, 7) is 7.15. The second-order valence-corrected chi connectivity index (χ2v) is 3.35. The number of carbonyl (C=O) groups is 1. The molecule has 0 saturated heterocycles. The van der Waals surface area contributed by atoms with E-state index in [0.29, 0.717) is 22.6 Å². The van der Waals surface area contributed by atoms with Crippen molar-refractivity contribution in [2.45, 2.75) is 0 Å². The van der Waals surface area contributed by atoms with Crippen LogP contribution in [0.1, 0.15) is 10.4 Å². The van der Waals surface area contributed by atoms with Gasteiger partial charge in [0.15, 0.2) is 5.78 Å². The van der Waals surface area contributed by atoms with E-state index < -0.39 is 0 Å². The monoisotopic (exact) mass is 229 g/mol. The lowest BCUT2D eigenvalue weighted by molar-refractivity contribution is 0.103. The summed E-state index contributed by atoms with van der Waals surface area (Å²) in [5.41, 5.74) is 7.09. The molecule has 0 aliphatic heterocycles. The van der Waals surface area contributed by atoms with Gasteiger partial charge in [-0.3, -0.25) is 4.79 Å². The van der Waals surface area contributed by atoms with Gasteiger partial charge in [-0.2, -0.15) is 0 Å². The summed E-state index contributed by atoms with van der Waals surface area (Å²) in [6.07, 6.45) is 4.63. The predicted octanol–water partition coefficient (Wildman–Crippen LogP) is 2.76. The third kappa shape index (κ3) is 2.84. The molecule has 0 saturated carbocycles. The van der Waals surface area contributed by atoms with Crippen LogP contribution in [0.3, 0.4) is 0 Å². The zero-order valence-electron chi connectivity index (χ0n) is 9.77. The minimum atomic E-state index is -0.170. The first kappa shape index (κ1) is 12.8. The molecule has 0 amide bonds. The van der Waals surface area contributed by atoms with Gasteiger partial charge >= 0.3 is 0 Å². The molecule has 3 heteroatoms. The number of anilines is 1. The topological polar surface area (TPSA) is 52.3 Å². The van der Waals surface area contributed by atoms with Gasteiger partial charge in [-0.1, -0.05) is 31.4 Å². The van der Waals surface area contributed by atoms with Gasteiger partial charge in [-0.15, -0.1) is 0 Å². The van der Waals surface area contributed by atoms with Crippen LogP contribution in [0.5, 0.6) is 5.75 Å². The van der Waals surface area contributed by atoms with Crippen LogP contribution in [0, 0.1) is 0 Å². The quantitative estimate of drug-likeness (QED) is 0.365. The molecule has 0 heterocycles. The Labute approximate surface area is 101 Å². The smallest absolute Gasteiger partial charge is 0.196 e. The van der Waals surface area contributed by atoms with Crippen molar-refractivity contribution in [2.24, 2.45) is 0 Å². The molecule has 1 rings (SSSR count). The summed E-state index contributed by atoms with van der Waals surface area (Å²) in [5.74, 6) is 0.281.